The first-order chi connectivity index (χ1) is 44.4. The zero-order valence-electron chi connectivity index (χ0n) is 52.3. The second kappa shape index (κ2) is 20.6. The van der Waals surface area contributed by atoms with Crippen LogP contribution in [0, 0.1) is 0 Å². The van der Waals surface area contributed by atoms with Crippen LogP contribution in [0.2, 0.25) is 0 Å². The lowest BCUT2D eigenvalue weighted by Gasteiger charge is -2.29. The Hall–Kier alpha value is -10.8. The average Bonchev–Trinajstić information content (AvgIpc) is 1.67. The van der Waals surface area contributed by atoms with E-state index in [0.29, 0.717) is 0 Å². The normalized spacial score (nSPS) is 14.4. The fourth-order valence-corrected chi connectivity index (χ4v) is 15.8. The average molecular weight is 1170 g/mol. The number of rotatable bonds is 10. The first-order valence-corrected chi connectivity index (χ1v) is 32.1. The standard InChI is InChI=1S/C89H68N2/c1-87(2)79-49-57(33-35-59-39-45-73-75-47-41-65(55-83(75)88(3,4)81(73)51-59)90(63-23-9-7-10-24-63)85-53-61-21-13-15-27-67(61)69-29-17-19-31-77(69)85)37-43-71(79)72-44-38-58(50-80(72)87)34-36-60-40-46-74-76-48-42-66(56-84(76)89(5,6)82(74)52-60)91(64-25-11-8-12-26-64)86-54-62-22-14-16-28-68(62)70-30-18-20-32-78(70)86/h7-56H,1-6H3. The number of benzene rings is 14. The Morgan fingerprint density at radius 3 is 0.813 bits per heavy atom. The molecule has 0 aliphatic heterocycles. The molecule has 0 unspecified atom stereocenters. The van der Waals surface area contributed by atoms with Crippen molar-refractivity contribution >= 4 is 102 Å². The maximum atomic E-state index is 2.45. The van der Waals surface area contributed by atoms with Gasteiger partial charge in [-0.25, -0.2) is 0 Å². The number of nitrogens with zero attached hydrogens (tertiary/aromatic N) is 2. The van der Waals surface area contributed by atoms with E-state index in [9.17, 15) is 0 Å². The van der Waals surface area contributed by atoms with Crippen molar-refractivity contribution < 1.29 is 0 Å². The molecule has 0 fully saturated rings. The van der Waals surface area contributed by atoms with Crippen LogP contribution in [-0.4, -0.2) is 0 Å². The Balaban J connectivity index is 0.624. The fraction of sp³-hybridized carbons (Fsp3) is 0.101. The van der Waals surface area contributed by atoms with Gasteiger partial charge in [-0.1, -0.05) is 284 Å². The number of hydrogen-bond donors (Lipinski definition) is 0. The number of hydrogen-bond acceptors (Lipinski definition) is 2. The predicted octanol–water partition coefficient (Wildman–Crippen LogP) is 24.5. The molecule has 14 aromatic carbocycles. The molecule has 3 aliphatic carbocycles. The molecule has 3 aliphatic rings. The van der Waals surface area contributed by atoms with E-state index >= 15 is 0 Å². The predicted molar refractivity (Wildman–Crippen MR) is 389 cm³/mol. The third-order valence-electron chi connectivity index (χ3n) is 20.5. The zero-order chi connectivity index (χ0) is 61.3. The molecule has 14 aromatic rings. The molecule has 2 heteroatoms. The van der Waals surface area contributed by atoms with Gasteiger partial charge in [-0.3, -0.25) is 0 Å². The van der Waals surface area contributed by atoms with E-state index in [2.05, 4.69) is 355 Å². The lowest BCUT2D eigenvalue weighted by atomic mass is 9.81. The summed E-state index contributed by atoms with van der Waals surface area (Å²) >= 11 is 0. The van der Waals surface area contributed by atoms with Crippen LogP contribution in [0.1, 0.15) is 97.2 Å². The van der Waals surface area contributed by atoms with Crippen molar-refractivity contribution in [1.82, 2.24) is 0 Å². The van der Waals surface area contributed by atoms with Gasteiger partial charge in [0.1, 0.15) is 0 Å². The van der Waals surface area contributed by atoms with Gasteiger partial charge in [0.05, 0.1) is 11.4 Å². The monoisotopic (exact) mass is 1160 g/mol. The quantitative estimate of drug-likeness (QED) is 0.0995. The van der Waals surface area contributed by atoms with Crippen molar-refractivity contribution in [3.05, 3.63) is 335 Å². The van der Waals surface area contributed by atoms with Crippen molar-refractivity contribution in [3.63, 3.8) is 0 Å². The van der Waals surface area contributed by atoms with Crippen molar-refractivity contribution in [2.75, 3.05) is 9.80 Å². The van der Waals surface area contributed by atoms with E-state index in [4.69, 9.17) is 0 Å². The molecule has 0 amide bonds. The van der Waals surface area contributed by atoms with E-state index in [0.717, 1.165) is 22.7 Å². The summed E-state index contributed by atoms with van der Waals surface area (Å²) in [6.45, 7) is 14.4. The lowest BCUT2D eigenvalue weighted by molar-refractivity contribution is 0.660. The third-order valence-corrected chi connectivity index (χ3v) is 20.5. The highest BCUT2D eigenvalue weighted by molar-refractivity contribution is 6.16. The molecule has 0 aromatic heterocycles. The Kier molecular flexibility index (Phi) is 12.3. The third kappa shape index (κ3) is 8.68. The first-order valence-electron chi connectivity index (χ1n) is 32.1. The van der Waals surface area contributed by atoms with E-state index in [1.807, 2.05) is 0 Å². The Morgan fingerprint density at radius 1 is 0.220 bits per heavy atom. The summed E-state index contributed by atoms with van der Waals surface area (Å²) in [4.78, 5) is 4.90. The molecule has 2 nitrogen and oxygen atoms in total. The van der Waals surface area contributed by atoms with Crippen molar-refractivity contribution in [1.29, 1.82) is 0 Å². The molecule has 17 rings (SSSR count). The van der Waals surface area contributed by atoms with Crippen molar-refractivity contribution in [2.45, 2.75) is 57.8 Å². The SMILES string of the molecule is CC1(C)c2cc(C=Cc3ccc4c(c3)C(C)(C)c3cc(N(c5ccccc5)c5cc6ccccc6c6ccccc56)ccc3-4)ccc2-c2ccc(C=Cc3ccc4c(c3)C(C)(C)c3cc(N(c5ccccc5)c5cc6ccccc6c6ccccc56)ccc3-4)cc21. The summed E-state index contributed by atoms with van der Waals surface area (Å²) in [6, 6.07) is 104. The summed E-state index contributed by atoms with van der Waals surface area (Å²) in [6.07, 6.45) is 9.21. The zero-order valence-corrected chi connectivity index (χ0v) is 52.3. The highest BCUT2D eigenvalue weighted by Crippen LogP contribution is 2.55. The molecule has 0 radical (unpaired) electrons. The Bertz CT molecular complexity index is 5050. The lowest BCUT2D eigenvalue weighted by Crippen LogP contribution is -2.17. The summed E-state index contributed by atoms with van der Waals surface area (Å²) in [5, 5.41) is 9.99. The van der Waals surface area contributed by atoms with Crippen LogP contribution in [0.4, 0.5) is 34.1 Å². The van der Waals surface area contributed by atoms with Crippen LogP contribution in [0.15, 0.2) is 279 Å². The minimum Gasteiger partial charge on any atom is -0.310 e. The van der Waals surface area contributed by atoms with E-state index in [1.165, 1.54) is 143 Å². The minimum atomic E-state index is -0.214. The van der Waals surface area contributed by atoms with Gasteiger partial charge >= 0.3 is 0 Å². The van der Waals surface area contributed by atoms with Gasteiger partial charge in [-0.15, -0.1) is 0 Å². The largest absolute Gasteiger partial charge is 0.310 e. The summed E-state index contributed by atoms with van der Waals surface area (Å²) in [5.41, 5.74) is 27.2. The molecule has 91 heavy (non-hydrogen) atoms. The Morgan fingerprint density at radius 2 is 0.484 bits per heavy atom. The van der Waals surface area contributed by atoms with Gasteiger partial charge in [0.25, 0.3) is 0 Å². The topological polar surface area (TPSA) is 6.48 Å². The fourth-order valence-electron chi connectivity index (χ4n) is 15.8. The second-order valence-corrected chi connectivity index (χ2v) is 26.9. The summed E-state index contributed by atoms with van der Waals surface area (Å²) in [5.74, 6) is 0. The maximum absolute atomic E-state index is 2.45. The molecule has 434 valence electrons. The van der Waals surface area contributed by atoms with E-state index in [-0.39, 0.29) is 16.2 Å². The molecule has 0 N–H and O–H groups in total. The molecule has 0 spiro atoms. The van der Waals surface area contributed by atoms with Crippen LogP contribution >= 0.6 is 0 Å². The first kappa shape index (κ1) is 54.4. The van der Waals surface area contributed by atoms with Gasteiger partial charge in [0.2, 0.25) is 0 Å². The van der Waals surface area contributed by atoms with Crippen molar-refractivity contribution in [3.8, 4) is 33.4 Å². The van der Waals surface area contributed by atoms with Gasteiger partial charge in [0.15, 0.2) is 0 Å². The number of fused-ring (bicyclic) bond motifs is 15. The molecule has 0 heterocycles. The summed E-state index contributed by atoms with van der Waals surface area (Å²) in [7, 11) is 0. The van der Waals surface area contributed by atoms with Gasteiger partial charge in [-0.2, -0.15) is 0 Å². The molecule has 0 bridgehead atoms. The Labute approximate surface area is 534 Å². The van der Waals surface area contributed by atoms with E-state index in [1.54, 1.807) is 0 Å². The molecule has 0 saturated carbocycles. The van der Waals surface area contributed by atoms with Crippen LogP contribution in [0.3, 0.4) is 0 Å². The molecular weight excluding hydrogens is 1100 g/mol. The molecule has 0 atom stereocenters. The minimum absolute atomic E-state index is 0.169. The maximum Gasteiger partial charge on any atom is 0.0546 e. The molecular formula is C89H68N2. The molecule has 0 saturated heterocycles. The highest BCUT2D eigenvalue weighted by Gasteiger charge is 2.39. The number of anilines is 6. The van der Waals surface area contributed by atoms with Crippen LogP contribution in [0.25, 0.3) is 101 Å². The number of para-hydroxylation sites is 2. The van der Waals surface area contributed by atoms with Gasteiger partial charge in [0, 0.05) is 49.8 Å². The van der Waals surface area contributed by atoms with Crippen LogP contribution in [0.5, 0.6) is 0 Å². The van der Waals surface area contributed by atoms with Crippen molar-refractivity contribution in [2.24, 2.45) is 0 Å². The second-order valence-electron chi connectivity index (χ2n) is 26.9. The van der Waals surface area contributed by atoms with E-state index < -0.39 is 0 Å². The smallest absolute Gasteiger partial charge is 0.0546 e. The highest BCUT2D eigenvalue weighted by atomic mass is 15.1. The van der Waals surface area contributed by atoms with Crippen LogP contribution < -0.4 is 9.80 Å². The van der Waals surface area contributed by atoms with Gasteiger partial charge < -0.3 is 9.80 Å². The van der Waals surface area contributed by atoms with Gasteiger partial charge in [-0.05, 0) is 182 Å². The summed E-state index contributed by atoms with van der Waals surface area (Å²) < 4.78 is 0. The van der Waals surface area contributed by atoms with Crippen LogP contribution in [-0.2, 0) is 16.2 Å².